The van der Waals surface area contributed by atoms with Crippen molar-refractivity contribution in [1.82, 2.24) is 9.97 Å². The predicted molar refractivity (Wildman–Crippen MR) is 103 cm³/mol. The van der Waals surface area contributed by atoms with Crippen LogP contribution >= 0.6 is 11.8 Å². The molecule has 1 aliphatic rings. The molecule has 1 atom stereocenters. The third-order valence-electron chi connectivity index (χ3n) is 3.91. The number of rotatable bonds is 5. The number of ether oxygens (including phenoxy) is 1. The highest BCUT2D eigenvalue weighted by Crippen LogP contribution is 2.22. The largest absolute Gasteiger partial charge is 0.383 e. The molecule has 0 radical (unpaired) electrons. The highest BCUT2D eigenvalue weighted by atomic mass is 32.2. The zero-order valence-corrected chi connectivity index (χ0v) is 15.2. The highest BCUT2D eigenvalue weighted by Gasteiger charge is 2.17. The number of nitrogens with zero attached hydrogens (tertiary/aromatic N) is 2. The topological polar surface area (TPSA) is 113 Å². The maximum absolute atomic E-state index is 12.4. The van der Waals surface area contributed by atoms with Crippen LogP contribution in [0.25, 0.3) is 0 Å². The van der Waals surface area contributed by atoms with E-state index in [9.17, 15) is 9.59 Å². The van der Waals surface area contributed by atoms with Gasteiger partial charge in [-0.3, -0.25) is 9.59 Å². The minimum atomic E-state index is -0.445. The Morgan fingerprint density at radius 2 is 2.04 bits per heavy atom. The van der Waals surface area contributed by atoms with Crippen LogP contribution in [-0.2, 0) is 9.53 Å². The molecule has 1 aromatic carbocycles. The molecule has 1 amide bonds. The second-order valence-electron chi connectivity index (χ2n) is 5.87. The van der Waals surface area contributed by atoms with E-state index in [4.69, 9.17) is 10.5 Å². The van der Waals surface area contributed by atoms with Crippen molar-refractivity contribution in [2.75, 3.05) is 42.3 Å². The molecule has 4 N–H and O–H groups in total. The van der Waals surface area contributed by atoms with E-state index in [0.29, 0.717) is 10.8 Å². The molecular formula is C17H21N5O3S. The van der Waals surface area contributed by atoms with Gasteiger partial charge in [-0.05, 0) is 31.2 Å². The Hall–Kier alpha value is -2.52. The predicted octanol–water partition coefficient (Wildman–Crippen LogP) is 1.31. The number of morpholine rings is 1. The summed E-state index contributed by atoms with van der Waals surface area (Å²) in [5.74, 6) is -0.0539. The van der Waals surface area contributed by atoms with E-state index in [1.54, 1.807) is 6.92 Å². The number of hydrogen-bond acceptors (Lipinski definition) is 7. The van der Waals surface area contributed by atoms with Crippen LogP contribution in [0.5, 0.6) is 0 Å². The van der Waals surface area contributed by atoms with Crippen molar-refractivity contribution in [2.45, 2.75) is 17.3 Å². The van der Waals surface area contributed by atoms with Crippen molar-refractivity contribution < 1.29 is 9.53 Å². The number of hydrogen-bond donors (Lipinski definition) is 3. The first-order valence-corrected chi connectivity index (χ1v) is 9.16. The van der Waals surface area contributed by atoms with Crippen LogP contribution in [0.3, 0.4) is 0 Å². The number of carbonyl (C=O) groups is 1. The van der Waals surface area contributed by atoms with E-state index < -0.39 is 5.25 Å². The molecule has 8 nitrogen and oxygen atoms in total. The van der Waals surface area contributed by atoms with Crippen molar-refractivity contribution in [3.05, 3.63) is 40.7 Å². The molecular weight excluding hydrogens is 354 g/mol. The molecule has 26 heavy (non-hydrogen) atoms. The van der Waals surface area contributed by atoms with Crippen LogP contribution in [-0.4, -0.2) is 47.4 Å². The van der Waals surface area contributed by atoms with E-state index in [2.05, 4.69) is 20.2 Å². The number of aromatic amines is 1. The minimum Gasteiger partial charge on any atom is -0.383 e. The number of amides is 1. The van der Waals surface area contributed by atoms with E-state index in [1.807, 2.05) is 24.3 Å². The molecule has 1 aliphatic heterocycles. The molecule has 2 heterocycles. The fourth-order valence-corrected chi connectivity index (χ4v) is 3.37. The zero-order valence-electron chi connectivity index (χ0n) is 14.4. The normalized spacial score (nSPS) is 15.5. The van der Waals surface area contributed by atoms with Gasteiger partial charge in [-0.2, -0.15) is 0 Å². The molecule has 138 valence electrons. The lowest BCUT2D eigenvalue weighted by atomic mass is 10.2. The Morgan fingerprint density at radius 1 is 1.35 bits per heavy atom. The highest BCUT2D eigenvalue weighted by molar-refractivity contribution is 8.00. The maximum atomic E-state index is 12.4. The molecule has 1 fully saturated rings. The molecule has 0 saturated carbocycles. The average Bonchev–Trinajstić information content (AvgIpc) is 2.62. The van der Waals surface area contributed by atoms with Crippen LogP contribution in [0, 0.1) is 0 Å². The number of aromatic nitrogens is 2. The fraction of sp³-hybridized carbons (Fsp3) is 0.353. The first-order valence-electron chi connectivity index (χ1n) is 8.28. The summed E-state index contributed by atoms with van der Waals surface area (Å²) < 4.78 is 5.35. The molecule has 0 bridgehead atoms. The number of nitrogen functional groups attached to an aromatic ring is 1. The SMILES string of the molecule is C[C@H](Sc1nc(N)cc(=O)[nH]1)C(=O)Nc1ccc(N2CCOCC2)cc1. The van der Waals surface area contributed by atoms with Gasteiger partial charge in [0.1, 0.15) is 5.82 Å². The van der Waals surface area contributed by atoms with E-state index >= 15 is 0 Å². The lowest BCUT2D eigenvalue weighted by Crippen LogP contribution is -2.36. The van der Waals surface area contributed by atoms with Crippen LogP contribution in [0.2, 0.25) is 0 Å². The van der Waals surface area contributed by atoms with Gasteiger partial charge in [-0.25, -0.2) is 4.98 Å². The Morgan fingerprint density at radius 3 is 2.69 bits per heavy atom. The third kappa shape index (κ3) is 4.77. The number of anilines is 3. The molecule has 1 aromatic heterocycles. The monoisotopic (exact) mass is 375 g/mol. The summed E-state index contributed by atoms with van der Waals surface area (Å²) in [4.78, 5) is 32.6. The van der Waals surface area contributed by atoms with Crippen molar-refractivity contribution in [2.24, 2.45) is 0 Å². The van der Waals surface area contributed by atoms with Gasteiger partial charge in [0.2, 0.25) is 5.91 Å². The van der Waals surface area contributed by atoms with E-state index in [1.165, 1.54) is 6.07 Å². The summed E-state index contributed by atoms with van der Waals surface area (Å²) in [6.07, 6.45) is 0. The van der Waals surface area contributed by atoms with Crippen molar-refractivity contribution in [3.63, 3.8) is 0 Å². The molecule has 0 unspecified atom stereocenters. The molecule has 1 saturated heterocycles. The van der Waals surface area contributed by atoms with Crippen molar-refractivity contribution in [1.29, 1.82) is 0 Å². The summed E-state index contributed by atoms with van der Waals surface area (Å²) in [6, 6.07) is 8.91. The zero-order chi connectivity index (χ0) is 18.5. The standard InChI is InChI=1S/C17H21N5O3S/c1-11(26-17-20-14(18)10-15(23)21-17)16(24)19-12-2-4-13(5-3-12)22-6-8-25-9-7-22/h2-5,10-11H,6-9H2,1H3,(H,19,24)(H3,18,20,21,23)/t11-/m0/s1. The number of nitrogens with two attached hydrogens (primary N) is 1. The lowest BCUT2D eigenvalue weighted by Gasteiger charge is -2.28. The van der Waals surface area contributed by atoms with Gasteiger partial charge in [0.15, 0.2) is 5.16 Å². The van der Waals surface area contributed by atoms with Gasteiger partial charge in [0.25, 0.3) is 5.56 Å². The van der Waals surface area contributed by atoms with E-state index in [-0.39, 0.29) is 17.3 Å². The van der Waals surface area contributed by atoms with Crippen LogP contribution in [0.4, 0.5) is 17.2 Å². The van der Waals surface area contributed by atoms with Crippen LogP contribution in [0.15, 0.2) is 40.3 Å². The van der Waals surface area contributed by atoms with Gasteiger partial charge in [0, 0.05) is 30.5 Å². The third-order valence-corrected chi connectivity index (χ3v) is 4.89. The lowest BCUT2D eigenvalue weighted by molar-refractivity contribution is -0.115. The van der Waals surface area contributed by atoms with Crippen molar-refractivity contribution >= 4 is 34.9 Å². The summed E-state index contributed by atoms with van der Waals surface area (Å²) in [5, 5.41) is 2.74. The number of H-pyrrole nitrogens is 1. The minimum absolute atomic E-state index is 0.127. The van der Waals surface area contributed by atoms with Gasteiger partial charge in [0.05, 0.1) is 18.5 Å². The average molecular weight is 375 g/mol. The summed E-state index contributed by atoms with van der Waals surface area (Å²) in [7, 11) is 0. The second kappa shape index (κ2) is 8.24. The summed E-state index contributed by atoms with van der Waals surface area (Å²) in [6.45, 7) is 4.93. The van der Waals surface area contributed by atoms with Crippen molar-refractivity contribution in [3.8, 4) is 0 Å². The smallest absolute Gasteiger partial charge is 0.253 e. The maximum Gasteiger partial charge on any atom is 0.253 e. The van der Waals surface area contributed by atoms with Gasteiger partial charge in [-0.1, -0.05) is 11.8 Å². The molecule has 0 aliphatic carbocycles. The van der Waals surface area contributed by atoms with Gasteiger partial charge < -0.3 is 25.7 Å². The quantitative estimate of drug-likeness (QED) is 0.533. The first-order chi connectivity index (χ1) is 12.5. The fourth-order valence-electron chi connectivity index (χ4n) is 2.55. The Balaban J connectivity index is 1.59. The Labute approximate surface area is 155 Å². The second-order valence-corrected chi connectivity index (χ2v) is 7.20. The molecule has 0 spiro atoms. The first kappa shape index (κ1) is 18.3. The Bertz CT molecular complexity index is 818. The molecule has 2 aromatic rings. The number of benzene rings is 1. The van der Waals surface area contributed by atoms with Crippen LogP contribution < -0.4 is 21.5 Å². The summed E-state index contributed by atoms with van der Waals surface area (Å²) in [5.41, 5.74) is 7.04. The Kier molecular flexibility index (Phi) is 5.79. The number of nitrogens with one attached hydrogen (secondary N) is 2. The molecule has 3 rings (SSSR count). The number of thioether (sulfide) groups is 1. The van der Waals surface area contributed by atoms with E-state index in [0.717, 1.165) is 43.8 Å². The number of carbonyl (C=O) groups excluding carboxylic acids is 1. The summed E-state index contributed by atoms with van der Waals surface area (Å²) >= 11 is 1.14. The van der Waals surface area contributed by atoms with Crippen LogP contribution in [0.1, 0.15) is 6.92 Å². The molecule has 9 heteroatoms. The van der Waals surface area contributed by atoms with Gasteiger partial charge >= 0.3 is 0 Å². The van der Waals surface area contributed by atoms with Gasteiger partial charge in [-0.15, -0.1) is 0 Å².